The van der Waals surface area contributed by atoms with Crippen LogP contribution in [0.3, 0.4) is 0 Å². The lowest BCUT2D eigenvalue weighted by molar-refractivity contribution is -0.269. The fraction of sp³-hybridized carbons (Fsp3) is 0.655. The zero-order chi connectivity index (χ0) is 28.0. The fourth-order valence-electron chi connectivity index (χ4n) is 9.33. The maximum Gasteiger partial charge on any atom is 0.264 e. The summed E-state index contributed by atoms with van der Waals surface area (Å²) in [6.07, 6.45) is 11.3. The van der Waals surface area contributed by atoms with Gasteiger partial charge in [-0.3, -0.25) is 18.6 Å². The molecule has 1 N–H and O–H groups in total. The molecule has 0 aromatic carbocycles. The van der Waals surface area contributed by atoms with Crippen LogP contribution in [0.2, 0.25) is 0 Å². The minimum atomic E-state index is -3.85. The first-order chi connectivity index (χ1) is 18.2. The van der Waals surface area contributed by atoms with Crippen LogP contribution < -0.4 is 0 Å². The Hall–Kier alpha value is -2.11. The highest BCUT2D eigenvalue weighted by Crippen LogP contribution is 2.75. The molecule has 8 atom stereocenters. The van der Waals surface area contributed by atoms with Gasteiger partial charge in [-0.2, -0.15) is 13.5 Å². The molecule has 2 heterocycles. The average Bonchev–Trinajstić information content (AvgIpc) is 3.53. The summed E-state index contributed by atoms with van der Waals surface area (Å²) in [6.45, 7) is 6.68. The second-order valence-corrected chi connectivity index (χ2v) is 14.6. The number of rotatable bonds is 6. The van der Waals surface area contributed by atoms with E-state index in [1.54, 1.807) is 29.7 Å². The molecule has 9 nitrogen and oxygen atoms in total. The van der Waals surface area contributed by atoms with Gasteiger partial charge in [-0.05, 0) is 55.2 Å². The lowest BCUT2D eigenvalue weighted by Gasteiger charge is -2.64. The number of fused-ring (bicyclic) bond motifs is 7. The van der Waals surface area contributed by atoms with Crippen molar-refractivity contribution in [1.29, 1.82) is 0 Å². The van der Waals surface area contributed by atoms with Crippen molar-refractivity contribution in [2.75, 3.05) is 19.4 Å². The van der Waals surface area contributed by atoms with E-state index in [2.05, 4.69) is 13.8 Å². The molecule has 1 aromatic heterocycles. The van der Waals surface area contributed by atoms with E-state index >= 15 is 0 Å². The first-order valence-electron chi connectivity index (χ1n) is 13.7. The summed E-state index contributed by atoms with van der Waals surface area (Å²) in [5, 5.41) is 13.7. The number of carbonyl (C=O) groups excluding carboxylic acids is 2. The number of ketones is 2. The van der Waals surface area contributed by atoms with Crippen LogP contribution in [-0.2, 0) is 35.3 Å². The summed E-state index contributed by atoms with van der Waals surface area (Å²) in [6, 6.07) is 1.84. The van der Waals surface area contributed by atoms with Crippen molar-refractivity contribution in [2.24, 2.45) is 34.0 Å². The number of hydrogen-bond acceptors (Lipinski definition) is 9. The largest absolute Gasteiger partial charge is 0.472 e. The first-order valence-corrected chi connectivity index (χ1v) is 15.5. The third kappa shape index (κ3) is 3.75. The van der Waals surface area contributed by atoms with Gasteiger partial charge in [0.15, 0.2) is 17.2 Å². The van der Waals surface area contributed by atoms with Crippen molar-refractivity contribution in [3.8, 4) is 0 Å². The van der Waals surface area contributed by atoms with E-state index in [-0.39, 0.29) is 29.0 Å². The number of aliphatic hydroxyl groups excluding tert-OH is 1. The molecule has 3 saturated carbocycles. The highest BCUT2D eigenvalue weighted by molar-refractivity contribution is 7.86. The van der Waals surface area contributed by atoms with E-state index in [4.69, 9.17) is 13.4 Å². The van der Waals surface area contributed by atoms with Gasteiger partial charge in [-0.15, -0.1) is 0 Å². The molecular formula is C29H37NO8S. The molecule has 4 fully saturated rings. The van der Waals surface area contributed by atoms with Gasteiger partial charge in [-0.25, -0.2) is 0 Å². The molecule has 0 bridgehead atoms. The third-order valence-corrected chi connectivity index (χ3v) is 11.6. The van der Waals surface area contributed by atoms with E-state index in [9.17, 15) is 23.1 Å². The summed E-state index contributed by atoms with van der Waals surface area (Å²) in [4.78, 5) is 33.0. The normalized spacial score (nSPS) is 43.4. The average molecular weight is 560 g/mol. The van der Waals surface area contributed by atoms with Crippen molar-refractivity contribution in [1.82, 2.24) is 5.06 Å². The van der Waals surface area contributed by atoms with Crippen molar-refractivity contribution >= 4 is 21.7 Å². The van der Waals surface area contributed by atoms with Crippen LogP contribution in [0.5, 0.6) is 0 Å². The molecule has 1 aromatic rings. The molecular weight excluding hydrogens is 522 g/mol. The van der Waals surface area contributed by atoms with Gasteiger partial charge in [0.1, 0.15) is 6.61 Å². The molecule has 1 aliphatic heterocycles. The van der Waals surface area contributed by atoms with Gasteiger partial charge in [-0.1, -0.05) is 32.4 Å². The summed E-state index contributed by atoms with van der Waals surface area (Å²) >= 11 is 0. The summed E-state index contributed by atoms with van der Waals surface area (Å²) in [5.74, 6) is -0.674. The van der Waals surface area contributed by atoms with Gasteiger partial charge in [0.2, 0.25) is 0 Å². The second kappa shape index (κ2) is 8.69. The summed E-state index contributed by atoms with van der Waals surface area (Å²) < 4.78 is 34.0. The Morgan fingerprint density at radius 1 is 1.26 bits per heavy atom. The minimum Gasteiger partial charge on any atom is -0.472 e. The number of nitrogens with zero attached hydrogens (tertiary/aromatic N) is 1. The molecule has 10 heteroatoms. The maximum atomic E-state index is 14.1. The van der Waals surface area contributed by atoms with Crippen LogP contribution >= 0.6 is 0 Å². The van der Waals surface area contributed by atoms with Gasteiger partial charge in [0.25, 0.3) is 10.1 Å². The highest BCUT2D eigenvalue weighted by Gasteiger charge is 2.79. The number of allylic oxidation sites excluding steroid dienone is 4. The van der Waals surface area contributed by atoms with Crippen molar-refractivity contribution in [3.05, 3.63) is 48.0 Å². The SMILES string of the molecule is C[C@]12C[C@H](O)[C@H]3[C@@H](CCC4=CC(=O)C=C[C@@]43C)[C@]1(C)C[C@H]1CN(Cc3ccoc3)O[C@]12C(=O)COS(C)(=O)=O. The van der Waals surface area contributed by atoms with E-state index in [0.29, 0.717) is 25.9 Å². The molecule has 39 heavy (non-hydrogen) atoms. The Balaban J connectivity index is 1.41. The molecule has 5 aliphatic rings. The predicted octanol–water partition coefficient (Wildman–Crippen LogP) is 3.21. The van der Waals surface area contributed by atoms with Gasteiger partial charge < -0.3 is 9.52 Å². The van der Waals surface area contributed by atoms with Crippen LogP contribution in [0.1, 0.15) is 52.0 Å². The standard InChI is InChI=1S/C29H37NO8S/c1-26-9-7-21(31)11-19(26)5-6-22-25(26)23(32)13-28(3)27(22,2)12-20-15-30(14-18-8-10-36-16-18)38-29(20,28)24(33)17-37-39(4,34)35/h7-11,16,20,22-23,25,32H,5-6,12-15,17H2,1-4H3/t20-,22+,23-,25+,26-,27-,28-,29-/m0/s1. The molecule has 0 radical (unpaired) electrons. The number of furan rings is 1. The van der Waals surface area contributed by atoms with Crippen LogP contribution in [0, 0.1) is 34.0 Å². The minimum absolute atomic E-state index is 0.0146. The Kier molecular flexibility index (Phi) is 6.04. The molecule has 4 aliphatic carbocycles. The molecule has 1 saturated heterocycles. The molecule has 212 valence electrons. The number of hydrogen-bond donors (Lipinski definition) is 1. The second-order valence-electron chi connectivity index (χ2n) is 13.0. The van der Waals surface area contributed by atoms with Crippen LogP contribution in [-0.4, -0.2) is 61.3 Å². The van der Waals surface area contributed by atoms with Crippen molar-refractivity contribution < 1.29 is 36.6 Å². The monoisotopic (exact) mass is 559 g/mol. The third-order valence-electron chi connectivity index (χ3n) is 11.1. The number of aliphatic hydroxyl groups is 1. The maximum absolute atomic E-state index is 14.1. The van der Waals surface area contributed by atoms with E-state index in [0.717, 1.165) is 30.2 Å². The predicted molar refractivity (Wildman–Crippen MR) is 140 cm³/mol. The van der Waals surface area contributed by atoms with E-state index in [1.807, 2.05) is 19.1 Å². The zero-order valence-electron chi connectivity index (χ0n) is 22.9. The quantitative estimate of drug-likeness (QED) is 0.523. The number of hydroxylamine groups is 2. The smallest absolute Gasteiger partial charge is 0.264 e. The molecule has 0 spiro atoms. The van der Waals surface area contributed by atoms with Crippen LogP contribution in [0.4, 0.5) is 0 Å². The molecule has 0 amide bonds. The highest BCUT2D eigenvalue weighted by atomic mass is 32.2. The Labute approximate surface area is 229 Å². The zero-order valence-corrected chi connectivity index (χ0v) is 23.7. The van der Waals surface area contributed by atoms with E-state index in [1.165, 1.54) is 0 Å². The van der Waals surface area contributed by atoms with E-state index < -0.39 is 45.0 Å². The van der Waals surface area contributed by atoms with Crippen molar-refractivity contribution in [3.63, 3.8) is 0 Å². The Morgan fingerprint density at radius 2 is 2.03 bits per heavy atom. The first kappa shape index (κ1) is 27.1. The summed E-state index contributed by atoms with van der Waals surface area (Å²) in [5.41, 5.74) is -0.996. The van der Waals surface area contributed by atoms with Gasteiger partial charge in [0, 0.05) is 34.8 Å². The number of carbonyl (C=O) groups is 2. The van der Waals surface area contributed by atoms with Crippen LogP contribution in [0.25, 0.3) is 0 Å². The van der Waals surface area contributed by atoms with Crippen LogP contribution in [0.15, 0.2) is 46.8 Å². The topological polar surface area (TPSA) is 123 Å². The Bertz CT molecular complexity index is 1370. The lowest BCUT2D eigenvalue weighted by atomic mass is 9.41. The molecule has 6 rings (SSSR count). The Morgan fingerprint density at radius 3 is 2.72 bits per heavy atom. The van der Waals surface area contributed by atoms with Gasteiger partial charge in [0.05, 0.1) is 31.4 Å². The number of Topliss-reactive ketones (excluding diaryl/α,β-unsaturated/α-hetero) is 1. The summed E-state index contributed by atoms with van der Waals surface area (Å²) in [7, 11) is -3.85. The fourth-order valence-corrected chi connectivity index (χ4v) is 9.66. The lowest BCUT2D eigenvalue weighted by Crippen LogP contribution is -2.66. The van der Waals surface area contributed by atoms with Crippen molar-refractivity contribution in [2.45, 2.75) is 64.7 Å². The van der Waals surface area contributed by atoms with Gasteiger partial charge >= 0.3 is 0 Å². The molecule has 0 unspecified atom stereocenters.